The third-order valence-electron chi connectivity index (χ3n) is 5.60. The minimum absolute atomic E-state index is 0.208. The van der Waals surface area contributed by atoms with Crippen molar-refractivity contribution in [2.75, 3.05) is 12.0 Å². The zero-order chi connectivity index (χ0) is 18.6. The fourth-order valence-corrected chi connectivity index (χ4v) is 4.56. The predicted molar refractivity (Wildman–Crippen MR) is 95.1 cm³/mol. The molecule has 0 unspecified atom stereocenters. The minimum atomic E-state index is -0.995. The third kappa shape index (κ3) is 2.15. The van der Waals surface area contributed by atoms with Crippen LogP contribution in [0.25, 0.3) is 0 Å². The van der Waals surface area contributed by atoms with Crippen molar-refractivity contribution in [2.24, 2.45) is 11.8 Å². The molecule has 3 heterocycles. The number of carbonyl (C=O) groups excluding carboxylic acids is 1. The Morgan fingerprint density at radius 3 is 2.65 bits per heavy atom. The maximum atomic E-state index is 13.3. The number of hydrogen-bond acceptors (Lipinski definition) is 4. The molecule has 1 aromatic rings. The van der Waals surface area contributed by atoms with Gasteiger partial charge in [0.05, 0.1) is 25.2 Å². The highest BCUT2D eigenvalue weighted by molar-refractivity contribution is 6.03. The van der Waals surface area contributed by atoms with Gasteiger partial charge in [-0.05, 0) is 37.6 Å². The Morgan fingerprint density at radius 1 is 1.38 bits per heavy atom. The van der Waals surface area contributed by atoms with Crippen LogP contribution < -0.4 is 9.64 Å². The molecule has 0 saturated carbocycles. The molecule has 3 aliphatic heterocycles. The lowest BCUT2D eigenvalue weighted by Gasteiger charge is -2.33. The van der Waals surface area contributed by atoms with E-state index < -0.39 is 29.5 Å². The predicted octanol–water partition coefficient (Wildman–Crippen LogP) is 2.40. The summed E-state index contributed by atoms with van der Waals surface area (Å²) < 4.78 is 11.3. The largest absolute Gasteiger partial charge is 0.497 e. The van der Waals surface area contributed by atoms with E-state index in [1.807, 2.05) is 25.1 Å². The van der Waals surface area contributed by atoms with E-state index >= 15 is 0 Å². The molecule has 0 aliphatic carbocycles. The fourth-order valence-electron chi connectivity index (χ4n) is 4.56. The van der Waals surface area contributed by atoms with Gasteiger partial charge in [-0.2, -0.15) is 0 Å². The van der Waals surface area contributed by atoms with Gasteiger partial charge in [-0.3, -0.25) is 9.59 Å². The van der Waals surface area contributed by atoms with E-state index in [0.29, 0.717) is 17.9 Å². The summed E-state index contributed by atoms with van der Waals surface area (Å²) in [5.74, 6) is -2.09. The molecule has 1 N–H and O–H groups in total. The van der Waals surface area contributed by atoms with Crippen LogP contribution in [-0.4, -0.2) is 41.8 Å². The molecule has 6 nitrogen and oxygen atoms in total. The van der Waals surface area contributed by atoms with Crippen LogP contribution >= 0.6 is 0 Å². The van der Waals surface area contributed by atoms with E-state index in [0.717, 1.165) is 5.57 Å². The van der Waals surface area contributed by atoms with Crippen molar-refractivity contribution < 1.29 is 24.2 Å². The van der Waals surface area contributed by atoms with Crippen molar-refractivity contribution in [3.63, 3.8) is 0 Å². The van der Waals surface area contributed by atoms with Gasteiger partial charge in [0.15, 0.2) is 0 Å². The number of benzene rings is 1. The van der Waals surface area contributed by atoms with Crippen LogP contribution in [0.4, 0.5) is 5.69 Å². The molecule has 2 saturated heterocycles. The molecule has 2 bridgehead atoms. The summed E-state index contributed by atoms with van der Waals surface area (Å²) >= 11 is 0. The van der Waals surface area contributed by atoms with E-state index in [1.54, 1.807) is 30.2 Å². The minimum Gasteiger partial charge on any atom is -0.497 e. The number of carboxylic acids is 1. The van der Waals surface area contributed by atoms with Crippen molar-refractivity contribution in [1.29, 1.82) is 0 Å². The van der Waals surface area contributed by atoms with Crippen LogP contribution in [0, 0.1) is 11.8 Å². The lowest BCUT2D eigenvalue weighted by molar-refractivity contribution is -0.146. The number of carbonyl (C=O) groups is 2. The van der Waals surface area contributed by atoms with Crippen LogP contribution in [0.5, 0.6) is 5.75 Å². The lowest BCUT2D eigenvalue weighted by Crippen LogP contribution is -2.45. The van der Waals surface area contributed by atoms with Crippen LogP contribution in [0.2, 0.25) is 0 Å². The summed E-state index contributed by atoms with van der Waals surface area (Å²) in [6, 6.07) is 6.87. The Kier molecular flexibility index (Phi) is 3.70. The number of methoxy groups -OCH3 is 1. The molecule has 4 rings (SSSR count). The van der Waals surface area contributed by atoms with Gasteiger partial charge < -0.3 is 19.5 Å². The van der Waals surface area contributed by atoms with Crippen molar-refractivity contribution in [3.8, 4) is 5.75 Å². The van der Waals surface area contributed by atoms with Crippen LogP contribution in [0.1, 0.15) is 13.3 Å². The first-order valence-corrected chi connectivity index (χ1v) is 8.60. The summed E-state index contributed by atoms with van der Waals surface area (Å²) in [6.45, 7) is 5.90. The second-order valence-corrected chi connectivity index (χ2v) is 7.22. The number of carboxylic acid groups (broad SMARTS) is 1. The van der Waals surface area contributed by atoms with E-state index in [4.69, 9.17) is 9.47 Å². The maximum absolute atomic E-state index is 13.3. The summed E-state index contributed by atoms with van der Waals surface area (Å²) in [5.41, 5.74) is 0.704. The maximum Gasteiger partial charge on any atom is 0.310 e. The summed E-state index contributed by atoms with van der Waals surface area (Å²) in [7, 11) is 1.58. The standard InChI is InChI=1S/C20H21NO5/c1-11(2)10-15-20-9-8-14(26-20)16(19(23)24)17(20)18(22)21(15)12-4-6-13(25-3)7-5-12/h4-9,14-17H,1,10H2,2-3H3,(H,23,24)/t14-,15+,16-,17-,20-/m1/s1. The number of fused-ring (bicyclic) bond motifs is 1. The van der Waals surface area contributed by atoms with Crippen molar-refractivity contribution >= 4 is 17.6 Å². The molecule has 1 spiro atoms. The number of nitrogens with zero attached hydrogens (tertiary/aromatic N) is 1. The molecule has 0 radical (unpaired) electrons. The average molecular weight is 355 g/mol. The third-order valence-corrected chi connectivity index (χ3v) is 5.60. The highest BCUT2D eigenvalue weighted by Gasteiger charge is 2.71. The molecule has 1 amide bonds. The molecule has 1 aromatic carbocycles. The number of ether oxygens (including phenoxy) is 2. The number of rotatable bonds is 5. The van der Waals surface area contributed by atoms with Gasteiger partial charge >= 0.3 is 5.97 Å². The molecule has 3 aliphatic rings. The zero-order valence-corrected chi connectivity index (χ0v) is 14.7. The number of amides is 1. The molecule has 6 heteroatoms. The molecular weight excluding hydrogens is 334 g/mol. The summed E-state index contributed by atoms with van der Waals surface area (Å²) in [4.78, 5) is 26.8. The summed E-state index contributed by atoms with van der Waals surface area (Å²) in [5, 5.41) is 9.67. The highest BCUT2D eigenvalue weighted by Crippen LogP contribution is 2.56. The second-order valence-electron chi connectivity index (χ2n) is 7.22. The SMILES string of the molecule is C=C(C)C[C@@H]1N(c2ccc(OC)cc2)C(=O)[C@H]2[C@H](C(=O)O)[C@H]3C=C[C@@]12O3. The molecule has 5 atom stereocenters. The van der Waals surface area contributed by atoms with Gasteiger partial charge in [0.25, 0.3) is 0 Å². The van der Waals surface area contributed by atoms with Gasteiger partial charge in [0.1, 0.15) is 17.3 Å². The van der Waals surface area contributed by atoms with Gasteiger partial charge in [0.2, 0.25) is 5.91 Å². The Bertz CT molecular complexity index is 814. The Labute approximate surface area is 151 Å². The van der Waals surface area contributed by atoms with E-state index in [1.165, 1.54) is 0 Å². The Morgan fingerprint density at radius 2 is 2.08 bits per heavy atom. The van der Waals surface area contributed by atoms with Gasteiger partial charge in [0, 0.05) is 5.69 Å². The van der Waals surface area contributed by atoms with Gasteiger partial charge in [-0.25, -0.2) is 0 Å². The number of hydrogen-bond donors (Lipinski definition) is 1. The Balaban J connectivity index is 1.81. The van der Waals surface area contributed by atoms with E-state index in [-0.39, 0.29) is 11.9 Å². The monoisotopic (exact) mass is 355 g/mol. The summed E-state index contributed by atoms with van der Waals surface area (Å²) in [6.07, 6.45) is 3.66. The van der Waals surface area contributed by atoms with Crippen molar-refractivity contribution in [1.82, 2.24) is 0 Å². The molecule has 136 valence electrons. The molecule has 2 fully saturated rings. The lowest BCUT2D eigenvalue weighted by atomic mass is 9.74. The molecule has 26 heavy (non-hydrogen) atoms. The Hall–Kier alpha value is -2.60. The quantitative estimate of drug-likeness (QED) is 0.821. The van der Waals surface area contributed by atoms with Crippen molar-refractivity contribution in [3.05, 3.63) is 48.6 Å². The first-order chi connectivity index (χ1) is 12.4. The van der Waals surface area contributed by atoms with Crippen molar-refractivity contribution in [2.45, 2.75) is 31.1 Å². The fraction of sp³-hybridized carbons (Fsp3) is 0.400. The normalized spacial score (nSPS) is 34.2. The van der Waals surface area contributed by atoms with E-state index in [2.05, 4.69) is 6.58 Å². The van der Waals surface area contributed by atoms with Crippen LogP contribution in [0.15, 0.2) is 48.6 Å². The topological polar surface area (TPSA) is 76.1 Å². The molecular formula is C20H21NO5. The smallest absolute Gasteiger partial charge is 0.310 e. The zero-order valence-electron chi connectivity index (χ0n) is 14.7. The van der Waals surface area contributed by atoms with Gasteiger partial charge in [-0.1, -0.05) is 17.7 Å². The second kappa shape index (κ2) is 5.71. The van der Waals surface area contributed by atoms with Crippen LogP contribution in [-0.2, 0) is 14.3 Å². The average Bonchev–Trinajstić information content (AvgIpc) is 3.24. The number of aliphatic carboxylic acids is 1. The first kappa shape index (κ1) is 16.8. The van der Waals surface area contributed by atoms with Gasteiger partial charge in [-0.15, -0.1) is 6.58 Å². The molecule has 0 aromatic heterocycles. The highest BCUT2D eigenvalue weighted by atomic mass is 16.5. The number of anilines is 1. The van der Waals surface area contributed by atoms with E-state index in [9.17, 15) is 14.7 Å². The van der Waals surface area contributed by atoms with Crippen LogP contribution in [0.3, 0.4) is 0 Å². The first-order valence-electron chi connectivity index (χ1n) is 8.60.